The maximum atomic E-state index is 14.7. The zero-order valence-corrected chi connectivity index (χ0v) is 26.0. The molecular formula is C32H30Cl2F5N3O4. The predicted molar refractivity (Wildman–Crippen MR) is 162 cm³/mol. The molecule has 0 fully saturated rings. The fraction of sp³-hybridized carbons (Fsp3) is 0.312. The summed E-state index contributed by atoms with van der Waals surface area (Å²) in [5, 5.41) is 6.33. The highest BCUT2D eigenvalue weighted by atomic mass is 35.5. The summed E-state index contributed by atoms with van der Waals surface area (Å²) in [6.07, 6.45) is -5.19. The van der Waals surface area contributed by atoms with E-state index in [1.807, 2.05) is 0 Å². The molecule has 46 heavy (non-hydrogen) atoms. The molecule has 0 aliphatic carbocycles. The van der Waals surface area contributed by atoms with Crippen molar-refractivity contribution in [2.75, 3.05) is 6.54 Å². The number of Topliss-reactive ketones (excluding diaryl/α,β-unsaturated/α-hetero) is 1. The van der Waals surface area contributed by atoms with Crippen molar-refractivity contribution in [2.45, 2.75) is 50.4 Å². The third kappa shape index (κ3) is 9.73. The lowest BCUT2D eigenvalue weighted by Gasteiger charge is -2.28. The van der Waals surface area contributed by atoms with E-state index in [9.17, 15) is 41.1 Å². The second-order valence-corrected chi connectivity index (χ2v) is 11.5. The SMILES string of the molecule is CC(C)[C@H](NC(=O)[C@@H](NC(=O)CC(c1ccccc1)c1ccc(Cl)c(Cl)c1)c1ccccc1)C(=O)C(F)(F)C(=O)NCC(F)(F)F. The van der Waals surface area contributed by atoms with Crippen LogP contribution in [-0.4, -0.2) is 48.2 Å². The van der Waals surface area contributed by atoms with E-state index in [0.717, 1.165) is 10.9 Å². The number of carbonyl (C=O) groups excluding carboxylic acids is 4. The molecule has 3 amide bonds. The van der Waals surface area contributed by atoms with Gasteiger partial charge in [-0.2, -0.15) is 22.0 Å². The minimum atomic E-state index is -5.00. The van der Waals surface area contributed by atoms with Crippen molar-refractivity contribution in [3.63, 3.8) is 0 Å². The summed E-state index contributed by atoms with van der Waals surface area (Å²) in [5.41, 5.74) is 1.63. The number of carbonyl (C=O) groups is 4. The molecule has 14 heteroatoms. The van der Waals surface area contributed by atoms with Crippen LogP contribution in [-0.2, 0) is 19.2 Å². The quantitative estimate of drug-likeness (QED) is 0.143. The maximum Gasteiger partial charge on any atom is 0.405 e. The Hall–Kier alpha value is -4.03. The van der Waals surface area contributed by atoms with Crippen LogP contribution in [0.3, 0.4) is 0 Å². The highest BCUT2D eigenvalue weighted by molar-refractivity contribution is 6.42. The van der Waals surface area contributed by atoms with E-state index in [1.165, 1.54) is 26.0 Å². The minimum Gasteiger partial charge on any atom is -0.344 e. The molecule has 0 saturated carbocycles. The number of ketones is 1. The summed E-state index contributed by atoms with van der Waals surface area (Å²) in [6, 6.07) is 18.1. The van der Waals surface area contributed by atoms with Crippen LogP contribution in [0.1, 0.15) is 48.9 Å². The van der Waals surface area contributed by atoms with Crippen molar-refractivity contribution < 1.29 is 41.1 Å². The fourth-order valence-corrected chi connectivity index (χ4v) is 4.87. The molecule has 3 aromatic carbocycles. The zero-order chi connectivity index (χ0) is 34.2. The Kier molecular flexibility index (Phi) is 12.3. The van der Waals surface area contributed by atoms with E-state index in [4.69, 9.17) is 23.2 Å². The van der Waals surface area contributed by atoms with Crippen LogP contribution in [0.15, 0.2) is 78.9 Å². The first-order valence-electron chi connectivity index (χ1n) is 13.9. The predicted octanol–water partition coefficient (Wildman–Crippen LogP) is 6.40. The largest absolute Gasteiger partial charge is 0.405 e. The van der Waals surface area contributed by atoms with Gasteiger partial charge in [-0.25, -0.2) is 0 Å². The van der Waals surface area contributed by atoms with Crippen molar-refractivity contribution in [3.05, 3.63) is 106 Å². The number of nitrogens with one attached hydrogen (secondary N) is 3. The van der Waals surface area contributed by atoms with Crippen molar-refractivity contribution in [1.82, 2.24) is 16.0 Å². The number of hydrogen-bond acceptors (Lipinski definition) is 4. The smallest absolute Gasteiger partial charge is 0.344 e. The molecule has 0 spiro atoms. The average Bonchev–Trinajstić information content (AvgIpc) is 3.01. The van der Waals surface area contributed by atoms with Gasteiger partial charge in [0.2, 0.25) is 17.6 Å². The average molecular weight is 687 g/mol. The number of hydrogen-bond donors (Lipinski definition) is 3. The lowest BCUT2D eigenvalue weighted by molar-refractivity contribution is -0.165. The zero-order valence-electron chi connectivity index (χ0n) is 24.5. The highest BCUT2D eigenvalue weighted by Gasteiger charge is 2.52. The molecule has 0 aliphatic heterocycles. The second-order valence-electron chi connectivity index (χ2n) is 10.7. The molecule has 3 rings (SSSR count). The van der Waals surface area contributed by atoms with Gasteiger partial charge in [0, 0.05) is 12.3 Å². The molecule has 3 aromatic rings. The first-order chi connectivity index (χ1) is 21.5. The summed E-state index contributed by atoms with van der Waals surface area (Å²) >= 11 is 12.3. The molecular weight excluding hydrogens is 656 g/mol. The molecule has 3 N–H and O–H groups in total. The van der Waals surface area contributed by atoms with Gasteiger partial charge in [-0.3, -0.25) is 19.2 Å². The van der Waals surface area contributed by atoms with Crippen molar-refractivity contribution >= 4 is 46.7 Å². The molecule has 0 aromatic heterocycles. The van der Waals surface area contributed by atoms with Crippen molar-refractivity contribution in [1.29, 1.82) is 0 Å². The van der Waals surface area contributed by atoms with Crippen LogP contribution < -0.4 is 16.0 Å². The van der Waals surface area contributed by atoms with Gasteiger partial charge in [0.15, 0.2) is 0 Å². The molecule has 7 nitrogen and oxygen atoms in total. The lowest BCUT2D eigenvalue weighted by Crippen LogP contribution is -2.58. The standard InChI is InChI=1S/C32H30Cl2F5N3O4/c1-18(2)26(28(44)32(38,39)30(46)40-17-31(35,36)37)42-29(45)27(20-11-7-4-8-12-20)41-25(43)16-22(19-9-5-3-6-10-19)21-13-14-23(33)24(34)15-21/h3-15,18,22,26-27H,16-17H2,1-2H3,(H,40,46)(H,41,43)(H,42,45)/t22?,26-,27-/m0/s1. The lowest BCUT2D eigenvalue weighted by atomic mass is 9.88. The van der Waals surface area contributed by atoms with Gasteiger partial charge in [0.1, 0.15) is 12.6 Å². The molecule has 246 valence electrons. The topological polar surface area (TPSA) is 104 Å². The van der Waals surface area contributed by atoms with E-state index in [2.05, 4.69) is 10.6 Å². The Bertz CT molecular complexity index is 1540. The van der Waals surface area contributed by atoms with Crippen molar-refractivity contribution in [3.8, 4) is 0 Å². The van der Waals surface area contributed by atoms with Crippen LogP contribution >= 0.6 is 23.2 Å². The fourth-order valence-electron chi connectivity index (χ4n) is 4.56. The van der Waals surface area contributed by atoms with Gasteiger partial charge >= 0.3 is 12.1 Å². The Labute approximate surface area is 271 Å². The Morgan fingerprint density at radius 2 is 1.30 bits per heavy atom. The van der Waals surface area contributed by atoms with E-state index in [1.54, 1.807) is 66.7 Å². The van der Waals surface area contributed by atoms with Gasteiger partial charge in [-0.1, -0.05) is 104 Å². The van der Waals surface area contributed by atoms with Crippen LogP contribution in [0.5, 0.6) is 0 Å². The molecule has 0 saturated heterocycles. The normalized spacial score (nSPS) is 13.8. The highest BCUT2D eigenvalue weighted by Crippen LogP contribution is 2.33. The second kappa shape index (κ2) is 15.5. The summed E-state index contributed by atoms with van der Waals surface area (Å²) in [5.74, 6) is -12.7. The van der Waals surface area contributed by atoms with E-state index in [-0.39, 0.29) is 17.0 Å². The molecule has 3 atom stereocenters. The van der Waals surface area contributed by atoms with E-state index in [0.29, 0.717) is 10.6 Å². The first-order valence-corrected chi connectivity index (χ1v) is 14.7. The van der Waals surface area contributed by atoms with Crippen LogP contribution in [0, 0.1) is 5.92 Å². The molecule has 1 unspecified atom stereocenters. The van der Waals surface area contributed by atoms with Gasteiger partial charge in [-0.05, 0) is 34.7 Å². The third-order valence-electron chi connectivity index (χ3n) is 6.93. The Balaban J connectivity index is 1.88. The van der Waals surface area contributed by atoms with Gasteiger partial charge in [0.05, 0.1) is 16.1 Å². The molecule has 0 radical (unpaired) electrons. The van der Waals surface area contributed by atoms with Crippen molar-refractivity contribution in [2.24, 2.45) is 5.92 Å². The van der Waals surface area contributed by atoms with Crippen LogP contribution in [0.2, 0.25) is 10.0 Å². The number of rotatable bonds is 13. The third-order valence-corrected chi connectivity index (χ3v) is 7.67. The van der Waals surface area contributed by atoms with E-state index >= 15 is 0 Å². The number of amides is 3. The first kappa shape index (κ1) is 36.4. The number of benzene rings is 3. The summed E-state index contributed by atoms with van der Waals surface area (Å²) in [4.78, 5) is 51.7. The monoisotopic (exact) mass is 685 g/mol. The van der Waals surface area contributed by atoms with Gasteiger partial charge in [0.25, 0.3) is 5.91 Å². The number of halogens is 7. The van der Waals surface area contributed by atoms with E-state index < -0.39 is 66.1 Å². The number of alkyl halides is 5. The Morgan fingerprint density at radius 3 is 1.83 bits per heavy atom. The summed E-state index contributed by atoms with van der Waals surface area (Å²) < 4.78 is 66.9. The van der Waals surface area contributed by atoms with Gasteiger partial charge < -0.3 is 16.0 Å². The maximum absolute atomic E-state index is 14.7. The molecule has 0 heterocycles. The summed E-state index contributed by atoms with van der Waals surface area (Å²) in [6.45, 7) is 0.510. The van der Waals surface area contributed by atoms with Gasteiger partial charge in [-0.15, -0.1) is 0 Å². The summed E-state index contributed by atoms with van der Waals surface area (Å²) in [7, 11) is 0. The molecule has 0 aliphatic rings. The van der Waals surface area contributed by atoms with Crippen LogP contribution in [0.25, 0.3) is 0 Å². The molecule has 0 bridgehead atoms. The Morgan fingerprint density at radius 1 is 0.739 bits per heavy atom. The van der Waals surface area contributed by atoms with Crippen LogP contribution in [0.4, 0.5) is 22.0 Å². The minimum absolute atomic E-state index is 0.192.